The van der Waals surface area contributed by atoms with Gasteiger partial charge in [0, 0.05) is 44.2 Å². The summed E-state index contributed by atoms with van der Waals surface area (Å²) in [7, 11) is -3.34. The van der Waals surface area contributed by atoms with Gasteiger partial charge in [-0.05, 0) is 12.8 Å². The number of hydrogen-bond donors (Lipinski definition) is 2. The van der Waals surface area contributed by atoms with Crippen molar-refractivity contribution in [2.24, 2.45) is 5.92 Å². The van der Waals surface area contributed by atoms with Crippen LogP contribution in [-0.2, 0) is 14.8 Å². The second kappa shape index (κ2) is 8.20. The Bertz CT molecular complexity index is 534. The van der Waals surface area contributed by atoms with Gasteiger partial charge in [0.05, 0.1) is 11.7 Å². The van der Waals surface area contributed by atoms with Gasteiger partial charge in [-0.2, -0.15) is 11.8 Å². The van der Waals surface area contributed by atoms with Crippen LogP contribution >= 0.6 is 11.8 Å². The molecule has 2 aliphatic rings. The summed E-state index contributed by atoms with van der Waals surface area (Å²) in [5, 5.41) is 11.6. The highest BCUT2D eigenvalue weighted by atomic mass is 32.2. The van der Waals surface area contributed by atoms with Crippen LogP contribution in [0.3, 0.4) is 0 Å². The van der Waals surface area contributed by atoms with Crippen molar-refractivity contribution in [1.29, 1.82) is 0 Å². The molecule has 0 aliphatic carbocycles. The van der Waals surface area contributed by atoms with Crippen LogP contribution in [0.5, 0.6) is 0 Å². The summed E-state index contributed by atoms with van der Waals surface area (Å²) in [6.07, 6.45) is 1.22. The van der Waals surface area contributed by atoms with Gasteiger partial charge in [-0.15, -0.1) is 0 Å². The van der Waals surface area contributed by atoms with E-state index in [2.05, 4.69) is 5.32 Å². The number of carbonyl (C=O) groups excluding carboxylic acids is 1. The van der Waals surface area contributed by atoms with Crippen LogP contribution in [0.4, 0.5) is 4.79 Å². The number of hydrogen-bond acceptors (Lipinski definition) is 5. The van der Waals surface area contributed by atoms with E-state index in [-0.39, 0.29) is 24.9 Å². The van der Waals surface area contributed by atoms with E-state index in [9.17, 15) is 18.0 Å². The minimum atomic E-state index is -3.34. The number of piperidine rings is 1. The maximum atomic E-state index is 12.2. The number of carboxylic acid groups (broad SMARTS) is 1. The Balaban J connectivity index is 1.76. The number of rotatable bonds is 5. The van der Waals surface area contributed by atoms with Crippen LogP contribution in [-0.4, -0.2) is 84.7 Å². The highest BCUT2D eigenvalue weighted by molar-refractivity contribution is 7.99. The maximum absolute atomic E-state index is 12.2. The van der Waals surface area contributed by atoms with Gasteiger partial charge >= 0.3 is 12.0 Å². The Labute approximate surface area is 140 Å². The van der Waals surface area contributed by atoms with Crippen molar-refractivity contribution in [2.45, 2.75) is 12.8 Å². The second-order valence-corrected chi connectivity index (χ2v) is 9.00. The molecule has 0 aromatic rings. The van der Waals surface area contributed by atoms with Crippen LogP contribution in [0, 0.1) is 5.92 Å². The second-order valence-electron chi connectivity index (χ2n) is 5.68. The van der Waals surface area contributed by atoms with Crippen molar-refractivity contribution >= 4 is 33.8 Å². The number of carboxylic acids is 1. The number of carbonyl (C=O) groups is 2. The molecule has 2 fully saturated rings. The Hall–Kier alpha value is -1.00. The fourth-order valence-corrected chi connectivity index (χ4v) is 5.21. The third-order valence-electron chi connectivity index (χ3n) is 4.06. The lowest BCUT2D eigenvalue weighted by Gasteiger charge is -2.31. The molecule has 2 N–H and O–H groups in total. The average Bonchev–Trinajstić information content (AvgIpc) is 2.55. The summed E-state index contributed by atoms with van der Waals surface area (Å²) in [6, 6.07) is -0.389. The summed E-state index contributed by atoms with van der Waals surface area (Å²) in [5.74, 6) is 0.0445. The Morgan fingerprint density at radius 1 is 1.22 bits per heavy atom. The molecule has 0 bridgehead atoms. The molecule has 1 unspecified atom stereocenters. The molecule has 1 atom stereocenters. The summed E-state index contributed by atoms with van der Waals surface area (Å²) in [4.78, 5) is 24.5. The first-order chi connectivity index (χ1) is 10.9. The molecule has 10 heteroatoms. The molecule has 2 saturated heterocycles. The molecule has 2 aliphatic heterocycles. The van der Waals surface area contributed by atoms with E-state index in [1.54, 1.807) is 11.8 Å². The molecule has 0 aromatic carbocycles. The number of thioether (sulfide) groups is 1. The van der Waals surface area contributed by atoms with Gasteiger partial charge in [0.1, 0.15) is 0 Å². The van der Waals surface area contributed by atoms with Crippen LogP contribution < -0.4 is 5.32 Å². The summed E-state index contributed by atoms with van der Waals surface area (Å²) < 4.78 is 25.8. The van der Waals surface area contributed by atoms with Crippen molar-refractivity contribution in [3.05, 3.63) is 0 Å². The topological polar surface area (TPSA) is 107 Å². The van der Waals surface area contributed by atoms with Gasteiger partial charge in [-0.25, -0.2) is 17.5 Å². The fraction of sp³-hybridized carbons (Fsp3) is 0.846. The first-order valence-corrected chi connectivity index (χ1v) is 10.5. The van der Waals surface area contributed by atoms with E-state index in [0.717, 1.165) is 11.5 Å². The summed E-state index contributed by atoms with van der Waals surface area (Å²) in [6.45, 7) is 1.77. The van der Waals surface area contributed by atoms with E-state index < -0.39 is 21.9 Å². The lowest BCUT2D eigenvalue weighted by atomic mass is 9.99. The molecule has 0 saturated carbocycles. The SMILES string of the molecule is O=C(O)C1CCCN(C(=O)NCCS(=O)(=O)N2CCSCC2)C1. The number of nitrogens with one attached hydrogen (secondary N) is 1. The van der Waals surface area contributed by atoms with Crippen molar-refractivity contribution in [1.82, 2.24) is 14.5 Å². The van der Waals surface area contributed by atoms with Gasteiger partial charge in [-0.3, -0.25) is 4.79 Å². The quantitative estimate of drug-likeness (QED) is 0.703. The molecule has 0 spiro atoms. The predicted molar refractivity (Wildman–Crippen MR) is 88.0 cm³/mol. The maximum Gasteiger partial charge on any atom is 0.317 e. The molecule has 8 nitrogen and oxygen atoms in total. The molecular formula is C13H23N3O5S2. The van der Waals surface area contributed by atoms with Gasteiger partial charge < -0.3 is 15.3 Å². The van der Waals surface area contributed by atoms with Crippen molar-refractivity contribution < 1.29 is 23.1 Å². The van der Waals surface area contributed by atoms with Crippen LogP contribution in [0.1, 0.15) is 12.8 Å². The van der Waals surface area contributed by atoms with Crippen molar-refractivity contribution in [3.8, 4) is 0 Å². The van der Waals surface area contributed by atoms with Crippen LogP contribution in [0.2, 0.25) is 0 Å². The largest absolute Gasteiger partial charge is 0.481 e. The standard InChI is InChI=1S/C13H23N3O5S2/c17-12(18)11-2-1-4-15(10-11)13(19)14-3-9-23(20,21)16-5-7-22-8-6-16/h11H,1-10H2,(H,14,19)(H,17,18). The van der Waals surface area contributed by atoms with Crippen molar-refractivity contribution in [2.75, 3.05) is 50.0 Å². The zero-order chi connectivity index (χ0) is 16.9. The highest BCUT2D eigenvalue weighted by Crippen LogP contribution is 2.16. The molecule has 23 heavy (non-hydrogen) atoms. The van der Waals surface area contributed by atoms with E-state index in [0.29, 0.717) is 32.5 Å². The Kier molecular flexibility index (Phi) is 6.54. The number of urea groups is 1. The highest BCUT2D eigenvalue weighted by Gasteiger charge is 2.28. The summed E-state index contributed by atoms with van der Waals surface area (Å²) in [5.41, 5.74) is 0. The molecule has 2 heterocycles. The van der Waals surface area contributed by atoms with E-state index in [4.69, 9.17) is 5.11 Å². The average molecular weight is 365 g/mol. The van der Waals surface area contributed by atoms with Gasteiger partial charge in [0.25, 0.3) is 0 Å². The number of likely N-dealkylation sites (tertiary alicyclic amines) is 1. The number of amides is 2. The normalized spacial score (nSPS) is 23.5. The van der Waals surface area contributed by atoms with Crippen LogP contribution in [0.25, 0.3) is 0 Å². The zero-order valence-electron chi connectivity index (χ0n) is 12.9. The van der Waals surface area contributed by atoms with Crippen LogP contribution in [0.15, 0.2) is 0 Å². The third kappa shape index (κ3) is 5.25. The van der Waals surface area contributed by atoms with Gasteiger partial charge in [-0.1, -0.05) is 0 Å². The molecule has 0 aromatic heterocycles. The molecular weight excluding hydrogens is 342 g/mol. The molecule has 0 radical (unpaired) electrons. The van der Waals surface area contributed by atoms with Gasteiger partial charge in [0.2, 0.25) is 10.0 Å². The monoisotopic (exact) mass is 365 g/mol. The lowest BCUT2D eigenvalue weighted by Crippen LogP contribution is -2.48. The Morgan fingerprint density at radius 3 is 2.57 bits per heavy atom. The third-order valence-corrected chi connectivity index (χ3v) is 6.87. The van der Waals surface area contributed by atoms with Crippen molar-refractivity contribution in [3.63, 3.8) is 0 Å². The molecule has 2 rings (SSSR count). The van der Waals surface area contributed by atoms with E-state index in [1.165, 1.54) is 9.21 Å². The first-order valence-electron chi connectivity index (χ1n) is 7.71. The first kappa shape index (κ1) is 18.3. The Morgan fingerprint density at radius 2 is 1.91 bits per heavy atom. The summed E-state index contributed by atoms with van der Waals surface area (Å²) >= 11 is 1.73. The smallest absolute Gasteiger partial charge is 0.317 e. The zero-order valence-corrected chi connectivity index (χ0v) is 14.6. The lowest BCUT2D eigenvalue weighted by molar-refractivity contribution is -0.143. The number of aliphatic carboxylic acids is 1. The predicted octanol–water partition coefficient (Wildman–Crippen LogP) is -0.129. The van der Waals surface area contributed by atoms with Gasteiger partial charge in [0.15, 0.2) is 0 Å². The van der Waals surface area contributed by atoms with E-state index in [1.807, 2.05) is 0 Å². The minimum absolute atomic E-state index is 0.0407. The van der Waals surface area contributed by atoms with E-state index >= 15 is 0 Å². The fourth-order valence-electron chi connectivity index (χ4n) is 2.72. The molecule has 2 amide bonds. The number of nitrogens with zero attached hydrogens (tertiary/aromatic N) is 2. The number of sulfonamides is 1. The molecule has 132 valence electrons. The minimum Gasteiger partial charge on any atom is -0.481 e.